The molecule has 0 bridgehead atoms. The Labute approximate surface area is 143 Å². The van der Waals surface area contributed by atoms with Crippen LogP contribution < -0.4 is 0 Å². The van der Waals surface area contributed by atoms with Crippen LogP contribution in [0.25, 0.3) is 0 Å². The number of carbonyl (C=O) groups excluding carboxylic acids is 2. The first-order valence-electron chi connectivity index (χ1n) is 8.81. The zero-order valence-corrected chi connectivity index (χ0v) is 16.5. The van der Waals surface area contributed by atoms with Crippen LogP contribution in [0.4, 0.5) is 0 Å². The summed E-state index contributed by atoms with van der Waals surface area (Å²) in [5, 5.41) is 0. The Bertz CT molecular complexity index is 378. The molecule has 0 fully saturated rings. The van der Waals surface area contributed by atoms with Crippen LogP contribution in [0.2, 0.25) is 0 Å². The third-order valence-corrected chi connectivity index (χ3v) is 4.32. The first kappa shape index (κ1) is 21.9. The standard InChI is InChI=1S/C18H37N3O2/c1-9-16(22)20(15(3)4)12-11-18(5,6)21(17(23)10-2)14-13-19(7)8/h15H,9-14H2,1-8H3. The van der Waals surface area contributed by atoms with Crippen LogP contribution in [0.3, 0.4) is 0 Å². The maximum atomic E-state index is 12.4. The molecule has 0 spiro atoms. The minimum Gasteiger partial charge on any atom is -0.340 e. The van der Waals surface area contributed by atoms with Gasteiger partial charge in [-0.3, -0.25) is 9.59 Å². The lowest BCUT2D eigenvalue weighted by Crippen LogP contribution is -2.52. The number of hydrogen-bond donors (Lipinski definition) is 0. The molecule has 0 saturated carbocycles. The van der Waals surface area contributed by atoms with E-state index in [-0.39, 0.29) is 23.4 Å². The van der Waals surface area contributed by atoms with Crippen molar-refractivity contribution in [3.8, 4) is 0 Å². The molecule has 0 aromatic carbocycles. The van der Waals surface area contributed by atoms with Crippen molar-refractivity contribution in [2.24, 2.45) is 0 Å². The molecule has 5 nitrogen and oxygen atoms in total. The van der Waals surface area contributed by atoms with Gasteiger partial charge in [0.05, 0.1) is 0 Å². The van der Waals surface area contributed by atoms with E-state index >= 15 is 0 Å². The summed E-state index contributed by atoms with van der Waals surface area (Å²) in [6, 6.07) is 0.190. The molecular weight excluding hydrogens is 290 g/mol. The Kier molecular flexibility index (Phi) is 9.44. The smallest absolute Gasteiger partial charge is 0.222 e. The topological polar surface area (TPSA) is 43.9 Å². The highest BCUT2D eigenvalue weighted by molar-refractivity contribution is 5.77. The third-order valence-electron chi connectivity index (χ3n) is 4.32. The fraction of sp³-hybridized carbons (Fsp3) is 0.889. The van der Waals surface area contributed by atoms with Crippen LogP contribution in [0, 0.1) is 0 Å². The molecule has 0 N–H and O–H groups in total. The normalized spacial score (nSPS) is 11.9. The van der Waals surface area contributed by atoms with E-state index < -0.39 is 0 Å². The van der Waals surface area contributed by atoms with Gasteiger partial charge in [0.15, 0.2) is 0 Å². The van der Waals surface area contributed by atoms with Crippen molar-refractivity contribution >= 4 is 11.8 Å². The highest BCUT2D eigenvalue weighted by Crippen LogP contribution is 2.21. The summed E-state index contributed by atoms with van der Waals surface area (Å²) in [5.41, 5.74) is -0.260. The zero-order chi connectivity index (χ0) is 18.2. The second-order valence-corrected chi connectivity index (χ2v) is 7.30. The zero-order valence-electron chi connectivity index (χ0n) is 16.5. The minimum atomic E-state index is -0.260. The van der Waals surface area contributed by atoms with Crippen LogP contribution in [0.1, 0.15) is 60.8 Å². The summed E-state index contributed by atoms with van der Waals surface area (Å²) in [6.45, 7) is 14.3. The van der Waals surface area contributed by atoms with Crippen molar-refractivity contribution in [3.05, 3.63) is 0 Å². The van der Waals surface area contributed by atoms with Gasteiger partial charge in [0, 0.05) is 44.1 Å². The second kappa shape index (κ2) is 9.91. The van der Waals surface area contributed by atoms with E-state index in [1.807, 2.05) is 51.6 Å². The molecule has 23 heavy (non-hydrogen) atoms. The molecule has 0 aliphatic carbocycles. The molecule has 0 rings (SSSR count). The van der Waals surface area contributed by atoms with Gasteiger partial charge >= 0.3 is 0 Å². The molecule has 0 aliphatic rings. The van der Waals surface area contributed by atoms with Crippen LogP contribution in [-0.4, -0.2) is 71.8 Å². The van der Waals surface area contributed by atoms with Crippen molar-refractivity contribution in [2.45, 2.75) is 72.4 Å². The molecule has 0 radical (unpaired) electrons. The van der Waals surface area contributed by atoms with Crippen molar-refractivity contribution in [2.75, 3.05) is 33.7 Å². The lowest BCUT2D eigenvalue weighted by atomic mass is 9.96. The Morgan fingerprint density at radius 2 is 1.43 bits per heavy atom. The van der Waals surface area contributed by atoms with E-state index in [9.17, 15) is 9.59 Å². The highest BCUT2D eigenvalue weighted by Gasteiger charge is 2.31. The van der Waals surface area contributed by atoms with E-state index in [0.29, 0.717) is 19.4 Å². The highest BCUT2D eigenvalue weighted by atomic mass is 16.2. The average molecular weight is 328 g/mol. The summed E-state index contributed by atoms with van der Waals surface area (Å²) in [7, 11) is 4.03. The number of rotatable bonds is 10. The number of carbonyl (C=O) groups is 2. The number of hydrogen-bond acceptors (Lipinski definition) is 3. The molecule has 0 aromatic rings. The van der Waals surface area contributed by atoms with E-state index in [0.717, 1.165) is 19.5 Å². The van der Waals surface area contributed by atoms with E-state index in [2.05, 4.69) is 18.7 Å². The number of likely N-dealkylation sites (N-methyl/N-ethyl adjacent to an activating group) is 1. The summed E-state index contributed by atoms with van der Waals surface area (Å²) >= 11 is 0. The lowest BCUT2D eigenvalue weighted by Gasteiger charge is -2.41. The molecule has 0 unspecified atom stereocenters. The summed E-state index contributed by atoms with van der Waals surface area (Å²) in [4.78, 5) is 30.4. The molecule has 0 heterocycles. The van der Waals surface area contributed by atoms with Gasteiger partial charge in [-0.15, -0.1) is 0 Å². The van der Waals surface area contributed by atoms with E-state index in [1.165, 1.54) is 0 Å². The number of amides is 2. The molecule has 0 aliphatic heterocycles. The van der Waals surface area contributed by atoms with Gasteiger partial charge in [-0.2, -0.15) is 0 Å². The van der Waals surface area contributed by atoms with Gasteiger partial charge in [-0.25, -0.2) is 0 Å². The first-order valence-corrected chi connectivity index (χ1v) is 8.81. The van der Waals surface area contributed by atoms with Crippen LogP contribution in [0.5, 0.6) is 0 Å². The maximum Gasteiger partial charge on any atom is 0.222 e. The SMILES string of the molecule is CCC(=O)N(CCC(C)(C)N(CCN(C)C)C(=O)CC)C(C)C. The van der Waals surface area contributed by atoms with Gasteiger partial charge in [-0.1, -0.05) is 13.8 Å². The molecular formula is C18H37N3O2. The van der Waals surface area contributed by atoms with Crippen molar-refractivity contribution in [1.82, 2.24) is 14.7 Å². The van der Waals surface area contributed by atoms with Crippen molar-refractivity contribution in [1.29, 1.82) is 0 Å². The second-order valence-electron chi connectivity index (χ2n) is 7.30. The van der Waals surface area contributed by atoms with E-state index in [4.69, 9.17) is 0 Å². The van der Waals surface area contributed by atoms with E-state index in [1.54, 1.807) is 0 Å². The Balaban J connectivity index is 5.00. The number of nitrogens with zero attached hydrogens (tertiary/aromatic N) is 3. The molecule has 136 valence electrons. The molecule has 0 atom stereocenters. The average Bonchev–Trinajstić information content (AvgIpc) is 2.45. The largest absolute Gasteiger partial charge is 0.340 e. The Morgan fingerprint density at radius 3 is 1.83 bits per heavy atom. The summed E-state index contributed by atoms with van der Waals surface area (Å²) in [5.74, 6) is 0.354. The molecule has 5 heteroatoms. The summed E-state index contributed by atoms with van der Waals surface area (Å²) < 4.78 is 0. The molecule has 0 aromatic heterocycles. The third kappa shape index (κ3) is 7.34. The van der Waals surface area contributed by atoms with Gasteiger partial charge in [0.2, 0.25) is 11.8 Å². The van der Waals surface area contributed by atoms with Crippen LogP contribution >= 0.6 is 0 Å². The molecule has 0 saturated heterocycles. The lowest BCUT2D eigenvalue weighted by molar-refractivity contribution is -0.137. The Hall–Kier alpha value is -1.10. The van der Waals surface area contributed by atoms with Crippen LogP contribution in [0.15, 0.2) is 0 Å². The fourth-order valence-electron chi connectivity index (χ4n) is 2.66. The van der Waals surface area contributed by atoms with Crippen molar-refractivity contribution in [3.63, 3.8) is 0 Å². The van der Waals surface area contributed by atoms with Gasteiger partial charge in [0.25, 0.3) is 0 Å². The summed E-state index contributed by atoms with van der Waals surface area (Å²) in [6.07, 6.45) is 1.82. The van der Waals surface area contributed by atoms with Gasteiger partial charge < -0.3 is 14.7 Å². The minimum absolute atomic E-state index is 0.176. The Morgan fingerprint density at radius 1 is 0.913 bits per heavy atom. The predicted molar refractivity (Wildman–Crippen MR) is 96.4 cm³/mol. The van der Waals surface area contributed by atoms with Gasteiger partial charge in [0.1, 0.15) is 0 Å². The maximum absolute atomic E-state index is 12.4. The quantitative estimate of drug-likeness (QED) is 0.619. The first-order chi connectivity index (χ1) is 10.6. The monoisotopic (exact) mass is 327 g/mol. The van der Waals surface area contributed by atoms with Gasteiger partial charge in [-0.05, 0) is 48.2 Å². The van der Waals surface area contributed by atoms with Crippen LogP contribution in [-0.2, 0) is 9.59 Å². The molecule has 2 amide bonds. The van der Waals surface area contributed by atoms with Crippen molar-refractivity contribution < 1.29 is 9.59 Å². The predicted octanol–water partition coefficient (Wildman–Crippen LogP) is 2.60. The fourth-order valence-corrected chi connectivity index (χ4v) is 2.66.